The van der Waals surface area contributed by atoms with Gasteiger partial charge in [-0.3, -0.25) is 0 Å². The maximum absolute atomic E-state index is 12.6. The molecule has 1 aromatic heterocycles. The summed E-state index contributed by atoms with van der Waals surface area (Å²) >= 11 is 0. The number of hydrogen-bond acceptors (Lipinski definition) is 12. The minimum atomic E-state index is -3.50. The van der Waals surface area contributed by atoms with Crippen LogP contribution < -0.4 is 10.6 Å². The number of pyridine rings is 1. The molecule has 0 spiro atoms. The minimum Gasteiger partial charge on any atom is -0.395 e. The molecule has 2 rings (SSSR count). The van der Waals surface area contributed by atoms with Gasteiger partial charge in [-0.25, -0.2) is 13.4 Å². The lowest BCUT2D eigenvalue weighted by Gasteiger charge is -2.15. The number of hydrogen-bond donors (Lipinski definition) is 5. The molecule has 0 aliphatic rings. The molecule has 0 saturated carbocycles. The van der Waals surface area contributed by atoms with Crippen molar-refractivity contribution in [2.24, 2.45) is 10.2 Å². The molecule has 1 heterocycles. The van der Waals surface area contributed by atoms with Gasteiger partial charge in [0.25, 0.3) is 0 Å². The molecule has 0 amide bonds. The third-order valence-corrected chi connectivity index (χ3v) is 6.73. The average molecular weight is 506 g/mol. The quantitative estimate of drug-likeness (QED) is 0.234. The van der Waals surface area contributed by atoms with E-state index in [1.54, 1.807) is 18.9 Å². The van der Waals surface area contributed by atoms with Gasteiger partial charge in [-0.15, -0.1) is 5.11 Å². The molecule has 1 aromatic carbocycles. The molecule has 12 nitrogen and oxygen atoms in total. The van der Waals surface area contributed by atoms with E-state index in [1.807, 2.05) is 0 Å². The van der Waals surface area contributed by atoms with Crippen LogP contribution >= 0.6 is 0 Å². The number of anilines is 2. The zero-order valence-electron chi connectivity index (χ0n) is 19.8. The smallest absolute Gasteiger partial charge is 0.179 e. The van der Waals surface area contributed by atoms with E-state index in [1.165, 1.54) is 24.3 Å². The van der Waals surface area contributed by atoms with Crippen molar-refractivity contribution in [1.29, 1.82) is 5.26 Å². The van der Waals surface area contributed by atoms with Gasteiger partial charge in [0.15, 0.2) is 15.7 Å². The van der Waals surface area contributed by atoms with Crippen molar-refractivity contribution in [2.45, 2.75) is 11.8 Å². The number of nitriles is 1. The third-order valence-electron chi connectivity index (χ3n) is 5.02. The Morgan fingerprint density at radius 1 is 1.00 bits per heavy atom. The first kappa shape index (κ1) is 28.1. The molecule has 190 valence electrons. The van der Waals surface area contributed by atoms with E-state index in [9.17, 15) is 18.8 Å². The lowest BCUT2D eigenvalue weighted by Crippen LogP contribution is -2.28. The lowest BCUT2D eigenvalue weighted by molar-refractivity contribution is 0.227. The molecule has 0 saturated heterocycles. The largest absolute Gasteiger partial charge is 0.395 e. The molecule has 0 unspecified atom stereocenters. The predicted molar refractivity (Wildman–Crippen MR) is 132 cm³/mol. The SMILES string of the molecule is Cc1c(C#N)c(NCCO)nc(NCCO)c1N=Nc1ccc(S(=O)(=O)CCN(C)CCO)cc1. The Morgan fingerprint density at radius 3 is 2.20 bits per heavy atom. The molecular weight excluding hydrogens is 474 g/mol. The highest BCUT2D eigenvalue weighted by Crippen LogP contribution is 2.34. The summed E-state index contributed by atoms with van der Waals surface area (Å²) in [6.45, 7) is 2.44. The van der Waals surface area contributed by atoms with Gasteiger partial charge >= 0.3 is 0 Å². The number of rotatable bonds is 14. The van der Waals surface area contributed by atoms with Crippen LogP contribution in [0.1, 0.15) is 11.1 Å². The summed E-state index contributed by atoms with van der Waals surface area (Å²) < 4.78 is 25.1. The molecule has 0 fully saturated rings. The summed E-state index contributed by atoms with van der Waals surface area (Å²) in [6.07, 6.45) is 0. The van der Waals surface area contributed by atoms with E-state index in [0.29, 0.717) is 35.8 Å². The number of aliphatic hydroxyl groups is 3. The standard InChI is InChI=1S/C22H31N7O5S/c1-16-19(15-23)21(24-7-11-30)26-22(25-8-12-31)20(16)28-27-17-3-5-18(6-4-17)35(33,34)14-10-29(2)9-13-32/h3-6,30-32H,7-14H2,1-2H3,(H2,24,25,26). The Hall–Kier alpha value is -3.15. The molecular formula is C22H31N7O5S. The van der Waals surface area contributed by atoms with Crippen LogP contribution in [0.3, 0.4) is 0 Å². The van der Waals surface area contributed by atoms with E-state index in [2.05, 4.69) is 31.9 Å². The Balaban J connectivity index is 2.30. The van der Waals surface area contributed by atoms with Gasteiger partial charge < -0.3 is 30.9 Å². The topological polar surface area (TPSA) is 184 Å². The van der Waals surface area contributed by atoms with Gasteiger partial charge in [0.05, 0.1) is 41.7 Å². The van der Waals surface area contributed by atoms with Crippen LogP contribution in [0, 0.1) is 18.3 Å². The van der Waals surface area contributed by atoms with Crippen LogP contribution in [0.25, 0.3) is 0 Å². The van der Waals surface area contributed by atoms with E-state index in [4.69, 9.17) is 10.2 Å². The molecule has 0 radical (unpaired) electrons. The number of benzene rings is 1. The summed E-state index contributed by atoms with van der Waals surface area (Å²) in [7, 11) is -1.76. The van der Waals surface area contributed by atoms with Crippen molar-refractivity contribution < 1.29 is 23.7 Å². The number of aromatic nitrogens is 1. The summed E-state index contributed by atoms with van der Waals surface area (Å²) in [5.41, 5.74) is 1.44. The van der Waals surface area contributed by atoms with Crippen LogP contribution in [0.5, 0.6) is 0 Å². The van der Waals surface area contributed by atoms with Gasteiger partial charge in [-0.2, -0.15) is 10.4 Å². The third kappa shape index (κ3) is 7.94. The van der Waals surface area contributed by atoms with Crippen molar-refractivity contribution in [3.8, 4) is 6.07 Å². The summed E-state index contributed by atoms with van der Waals surface area (Å²) in [5, 5.41) is 51.0. The van der Waals surface area contributed by atoms with E-state index < -0.39 is 9.84 Å². The number of nitrogens with zero attached hydrogens (tertiary/aromatic N) is 5. The molecule has 13 heteroatoms. The Labute approximate surface area is 204 Å². The first-order valence-corrected chi connectivity index (χ1v) is 12.6. The van der Waals surface area contributed by atoms with Crippen molar-refractivity contribution in [3.63, 3.8) is 0 Å². The second kappa shape index (κ2) is 13.7. The van der Waals surface area contributed by atoms with Crippen LogP contribution in [0.2, 0.25) is 0 Å². The number of aliphatic hydroxyl groups excluding tert-OH is 3. The maximum Gasteiger partial charge on any atom is 0.179 e. The normalized spacial score (nSPS) is 11.7. The van der Waals surface area contributed by atoms with Gasteiger partial charge in [-0.05, 0) is 38.2 Å². The average Bonchev–Trinajstić information content (AvgIpc) is 2.85. The summed E-state index contributed by atoms with van der Waals surface area (Å²) in [5.74, 6) is 0.492. The predicted octanol–water partition coefficient (Wildman–Crippen LogP) is 1.18. The first-order chi connectivity index (χ1) is 16.8. The van der Waals surface area contributed by atoms with Crippen LogP contribution in [-0.4, -0.2) is 92.4 Å². The highest BCUT2D eigenvalue weighted by atomic mass is 32.2. The fourth-order valence-electron chi connectivity index (χ4n) is 3.06. The lowest BCUT2D eigenvalue weighted by atomic mass is 10.1. The van der Waals surface area contributed by atoms with E-state index in [-0.39, 0.29) is 54.9 Å². The van der Waals surface area contributed by atoms with Gasteiger partial charge in [-0.1, -0.05) is 0 Å². The van der Waals surface area contributed by atoms with Crippen LogP contribution in [-0.2, 0) is 9.84 Å². The molecule has 2 aromatic rings. The Bertz CT molecular complexity index is 1150. The molecule has 35 heavy (non-hydrogen) atoms. The first-order valence-electron chi connectivity index (χ1n) is 11.0. The maximum atomic E-state index is 12.6. The highest BCUT2D eigenvalue weighted by Gasteiger charge is 2.18. The van der Waals surface area contributed by atoms with Gasteiger partial charge in [0.2, 0.25) is 0 Å². The van der Waals surface area contributed by atoms with E-state index in [0.717, 1.165) is 0 Å². The second-order valence-electron chi connectivity index (χ2n) is 7.61. The fourth-order valence-corrected chi connectivity index (χ4v) is 4.40. The molecule has 5 N–H and O–H groups in total. The van der Waals surface area contributed by atoms with Gasteiger partial charge in [0, 0.05) is 31.7 Å². The zero-order chi connectivity index (χ0) is 25.8. The zero-order valence-corrected chi connectivity index (χ0v) is 20.6. The molecule has 0 bridgehead atoms. The molecule has 0 atom stereocenters. The second-order valence-corrected chi connectivity index (χ2v) is 9.72. The number of sulfone groups is 1. The van der Waals surface area contributed by atoms with E-state index >= 15 is 0 Å². The molecule has 0 aliphatic heterocycles. The molecule has 0 aliphatic carbocycles. The highest BCUT2D eigenvalue weighted by molar-refractivity contribution is 7.91. The minimum absolute atomic E-state index is 0.0414. The van der Waals surface area contributed by atoms with Crippen molar-refractivity contribution in [3.05, 3.63) is 35.4 Å². The number of azo groups is 1. The van der Waals surface area contributed by atoms with Crippen molar-refractivity contribution in [2.75, 3.05) is 69.4 Å². The van der Waals surface area contributed by atoms with Crippen LogP contribution in [0.4, 0.5) is 23.0 Å². The van der Waals surface area contributed by atoms with Crippen molar-refractivity contribution >= 4 is 32.8 Å². The van der Waals surface area contributed by atoms with Crippen LogP contribution in [0.15, 0.2) is 39.4 Å². The Morgan fingerprint density at radius 2 is 1.63 bits per heavy atom. The fraction of sp³-hybridized carbons (Fsp3) is 0.455. The van der Waals surface area contributed by atoms with Crippen molar-refractivity contribution in [1.82, 2.24) is 9.88 Å². The number of likely N-dealkylation sites (N-methyl/N-ethyl adjacent to an activating group) is 1. The Kier molecular flexibility index (Phi) is 11.0. The summed E-state index contributed by atoms with van der Waals surface area (Å²) in [4.78, 5) is 6.26. The monoisotopic (exact) mass is 505 g/mol. The van der Waals surface area contributed by atoms with Gasteiger partial charge in [0.1, 0.15) is 17.6 Å². The summed E-state index contributed by atoms with van der Waals surface area (Å²) in [6, 6.07) is 8.04. The number of nitrogens with one attached hydrogen (secondary N) is 2.